The maximum atomic E-state index is 12.4. The molecule has 8 saturated carbocycles. The van der Waals surface area contributed by atoms with Gasteiger partial charge in [-0.15, -0.1) is 0 Å². The molecule has 0 aromatic heterocycles. The molecule has 13 heteroatoms. The summed E-state index contributed by atoms with van der Waals surface area (Å²) in [5.41, 5.74) is -1.77. The summed E-state index contributed by atoms with van der Waals surface area (Å²) in [6, 6.07) is 10.5. The Morgan fingerprint density at radius 2 is 0.962 bits per heavy atom. The van der Waals surface area contributed by atoms with E-state index in [1.54, 1.807) is 0 Å². The van der Waals surface area contributed by atoms with Crippen LogP contribution in [0.4, 0.5) is 21.0 Å². The average Bonchev–Trinajstić information content (AvgIpc) is 3.03. The van der Waals surface area contributed by atoms with Gasteiger partial charge in [0.2, 0.25) is 0 Å². The van der Waals surface area contributed by atoms with Crippen molar-refractivity contribution in [2.75, 3.05) is 0 Å². The van der Waals surface area contributed by atoms with Gasteiger partial charge in [-0.2, -0.15) is 0 Å². The molecule has 53 heavy (non-hydrogen) atoms. The molecular formula is C40H51ClN2O10. The second-order valence-corrected chi connectivity index (χ2v) is 18.1. The average molecular weight is 755 g/mol. The summed E-state index contributed by atoms with van der Waals surface area (Å²) in [6.45, 7) is 8.11. The smallest absolute Gasteiger partial charge is 0.427 e. The molecule has 0 atom stereocenters. The number of benzene rings is 2. The fourth-order valence-electron chi connectivity index (χ4n) is 11.5. The highest BCUT2D eigenvalue weighted by Crippen LogP contribution is 2.65. The van der Waals surface area contributed by atoms with Gasteiger partial charge in [0.15, 0.2) is 0 Å². The molecule has 8 fully saturated rings. The normalized spacial score (nSPS) is 31.7. The number of carbonyl (C=O) groups excluding carboxylic acids is 2. The third-order valence-electron chi connectivity index (χ3n) is 13.5. The van der Waals surface area contributed by atoms with E-state index in [1.807, 2.05) is 27.7 Å². The summed E-state index contributed by atoms with van der Waals surface area (Å²) in [6.07, 6.45) is 15.0. The number of nitro benzene ring substituents is 2. The first-order valence-electron chi connectivity index (χ1n) is 18.8. The summed E-state index contributed by atoms with van der Waals surface area (Å²) in [7, 11) is 0. The molecule has 8 aliphatic carbocycles. The Hall–Kier alpha value is -3.77. The molecule has 0 radical (unpaired) electrons. The van der Waals surface area contributed by atoms with Crippen LogP contribution in [-0.2, 0) is 4.74 Å². The van der Waals surface area contributed by atoms with Crippen LogP contribution in [0.2, 0.25) is 0 Å². The third kappa shape index (κ3) is 8.64. The lowest BCUT2D eigenvalue weighted by molar-refractivity contribution is -0.385. The van der Waals surface area contributed by atoms with Gasteiger partial charge in [-0.25, -0.2) is 9.59 Å². The second kappa shape index (κ2) is 14.8. The summed E-state index contributed by atoms with van der Waals surface area (Å²) in [5.74, 6) is 5.60. The molecule has 288 valence electrons. The third-order valence-corrected chi connectivity index (χ3v) is 13.6. The topological polar surface area (TPSA) is 168 Å². The Morgan fingerprint density at radius 3 is 1.26 bits per heavy atom. The van der Waals surface area contributed by atoms with E-state index in [2.05, 4.69) is 4.74 Å². The first kappa shape index (κ1) is 38.9. The molecule has 0 saturated heterocycles. The largest absolute Gasteiger partial charge is 0.514 e. The molecule has 12 nitrogen and oxygen atoms in total. The van der Waals surface area contributed by atoms with E-state index in [1.165, 1.54) is 106 Å². The predicted molar refractivity (Wildman–Crippen MR) is 197 cm³/mol. The lowest BCUT2D eigenvalue weighted by Gasteiger charge is -2.61. The van der Waals surface area contributed by atoms with E-state index >= 15 is 0 Å². The maximum absolute atomic E-state index is 12.4. The van der Waals surface area contributed by atoms with Crippen molar-refractivity contribution < 1.29 is 38.8 Å². The number of nitro groups is 2. The second-order valence-electron chi connectivity index (χ2n) is 17.8. The van der Waals surface area contributed by atoms with Crippen molar-refractivity contribution in [1.82, 2.24) is 0 Å². The van der Waals surface area contributed by atoms with Crippen LogP contribution >= 0.6 is 11.6 Å². The van der Waals surface area contributed by atoms with Gasteiger partial charge in [-0.1, -0.05) is 0 Å². The molecule has 10 rings (SSSR count). The van der Waals surface area contributed by atoms with Crippen LogP contribution in [0.25, 0.3) is 0 Å². The van der Waals surface area contributed by atoms with E-state index in [9.17, 15) is 34.9 Å². The SMILES string of the molecule is CC(C)(O)C12CC3CC(CC(C3)C1)C2.CC(C)(OC(=O)Oc1ccc([N+](=O)[O-])cc1)C12CC3CC(CC(C3)C1)C2.O=C(Cl)Oc1ccc([N+](=O)[O-])cc1. The highest BCUT2D eigenvalue weighted by molar-refractivity contribution is 6.61. The van der Waals surface area contributed by atoms with Crippen molar-refractivity contribution in [1.29, 1.82) is 0 Å². The molecule has 0 aliphatic heterocycles. The van der Waals surface area contributed by atoms with Crippen LogP contribution in [0.3, 0.4) is 0 Å². The number of aliphatic hydroxyl groups is 1. The van der Waals surface area contributed by atoms with E-state index < -0.39 is 32.6 Å². The number of hydrogen-bond donors (Lipinski definition) is 1. The van der Waals surface area contributed by atoms with Crippen molar-refractivity contribution in [3.63, 3.8) is 0 Å². The van der Waals surface area contributed by atoms with Crippen molar-refractivity contribution in [2.24, 2.45) is 46.3 Å². The van der Waals surface area contributed by atoms with Gasteiger partial charge >= 0.3 is 11.6 Å². The molecule has 0 amide bonds. The first-order chi connectivity index (χ1) is 24.8. The lowest BCUT2D eigenvalue weighted by atomic mass is 9.46. The Labute approximate surface area is 315 Å². The molecule has 2 aromatic rings. The highest BCUT2D eigenvalue weighted by atomic mass is 35.5. The molecule has 8 bridgehead atoms. The fraction of sp³-hybridized carbons (Fsp3) is 0.650. The van der Waals surface area contributed by atoms with Gasteiger partial charge in [0.05, 0.1) is 15.4 Å². The van der Waals surface area contributed by atoms with Crippen molar-refractivity contribution in [2.45, 2.75) is 116 Å². The van der Waals surface area contributed by atoms with Crippen LogP contribution in [0.15, 0.2) is 48.5 Å². The van der Waals surface area contributed by atoms with Crippen LogP contribution in [-0.4, -0.2) is 37.7 Å². The molecule has 0 unspecified atom stereocenters. The number of ether oxygens (including phenoxy) is 3. The van der Waals surface area contributed by atoms with Crippen molar-refractivity contribution in [3.05, 3.63) is 68.8 Å². The standard InChI is InChI=1S/C20H25NO5.C13H22O.C7H4ClNO4/c1-19(2,20-10-13-7-14(11-20)9-15(8-13)12-20)26-18(22)25-17-5-3-16(4-6-17)21(23)24;1-12(2,14)13-6-9-3-10(7-13)5-11(4-9)8-13;8-7(10)13-6-3-1-5(2-4-6)9(11)12/h3-6,13-15H,7-12H2,1-2H3;9-11,14H,3-8H2,1-2H3;1-4H. The monoisotopic (exact) mass is 754 g/mol. The fourth-order valence-corrected chi connectivity index (χ4v) is 11.6. The lowest BCUT2D eigenvalue weighted by Crippen LogP contribution is -2.57. The van der Waals surface area contributed by atoms with Gasteiger partial charge < -0.3 is 19.3 Å². The van der Waals surface area contributed by atoms with Gasteiger partial charge in [0.1, 0.15) is 17.1 Å². The van der Waals surface area contributed by atoms with Gasteiger partial charge in [0.25, 0.3) is 11.4 Å². The quantitative estimate of drug-likeness (QED) is 0.0943. The Bertz CT molecular complexity index is 1610. The number of nitrogens with zero attached hydrogens (tertiary/aromatic N) is 2. The summed E-state index contributed by atoms with van der Waals surface area (Å²) >= 11 is 4.92. The molecule has 0 heterocycles. The van der Waals surface area contributed by atoms with Crippen LogP contribution in [0, 0.1) is 66.6 Å². The highest BCUT2D eigenvalue weighted by Gasteiger charge is 2.59. The van der Waals surface area contributed by atoms with Gasteiger partial charge in [-0.05, 0) is 170 Å². The molecule has 2 aromatic carbocycles. The zero-order valence-corrected chi connectivity index (χ0v) is 31.7. The zero-order chi connectivity index (χ0) is 38.3. The van der Waals surface area contributed by atoms with E-state index in [0.29, 0.717) is 5.41 Å². The van der Waals surface area contributed by atoms with Crippen LogP contribution in [0.1, 0.15) is 105 Å². The number of carbonyl (C=O) groups is 2. The van der Waals surface area contributed by atoms with Crippen molar-refractivity contribution in [3.8, 4) is 11.5 Å². The molecule has 8 aliphatic rings. The van der Waals surface area contributed by atoms with E-state index in [4.69, 9.17) is 21.1 Å². The number of rotatable bonds is 7. The molecule has 0 spiro atoms. The minimum absolute atomic E-state index is 0.0420. The Morgan fingerprint density at radius 1 is 0.642 bits per heavy atom. The summed E-state index contributed by atoms with van der Waals surface area (Å²) < 4.78 is 15.5. The number of non-ortho nitro benzene ring substituents is 2. The molecule has 1 N–H and O–H groups in total. The number of hydrogen-bond acceptors (Lipinski definition) is 10. The number of halogens is 1. The van der Waals surface area contributed by atoms with Gasteiger partial charge in [0, 0.05) is 41.3 Å². The predicted octanol–water partition coefficient (Wildman–Crippen LogP) is 10.4. The van der Waals surface area contributed by atoms with Crippen molar-refractivity contribution >= 4 is 34.6 Å². The minimum atomic E-state index is -0.978. The van der Waals surface area contributed by atoms with E-state index in [-0.39, 0.29) is 28.3 Å². The summed E-state index contributed by atoms with van der Waals surface area (Å²) in [4.78, 5) is 42.5. The van der Waals surface area contributed by atoms with Crippen LogP contribution < -0.4 is 9.47 Å². The zero-order valence-electron chi connectivity index (χ0n) is 31.0. The maximum Gasteiger partial charge on any atom is 0.514 e. The van der Waals surface area contributed by atoms with Gasteiger partial charge in [-0.3, -0.25) is 20.2 Å². The van der Waals surface area contributed by atoms with Crippen LogP contribution in [0.5, 0.6) is 11.5 Å². The first-order valence-corrected chi connectivity index (χ1v) is 19.2. The molecular weight excluding hydrogens is 704 g/mol. The van der Waals surface area contributed by atoms with E-state index in [0.717, 1.165) is 54.8 Å². The Kier molecular flexibility index (Phi) is 10.9. The minimum Gasteiger partial charge on any atom is -0.427 e. The Balaban J connectivity index is 0.000000150. The summed E-state index contributed by atoms with van der Waals surface area (Å²) in [5, 5.41) is 31.3.